The molecule has 1 aromatic carbocycles. The van der Waals surface area contributed by atoms with E-state index in [4.69, 9.17) is 16.3 Å². The number of hydrogen-bond acceptors (Lipinski definition) is 3. The fourth-order valence-corrected chi connectivity index (χ4v) is 1.89. The third kappa shape index (κ3) is 3.63. The number of amides is 2. The van der Waals surface area contributed by atoms with Crippen LogP contribution in [0.1, 0.15) is 6.42 Å². The molecule has 96 valence electrons. The van der Waals surface area contributed by atoms with Gasteiger partial charge in [0.15, 0.2) is 0 Å². The summed E-state index contributed by atoms with van der Waals surface area (Å²) >= 11 is 5.79. The Hall–Kier alpha value is -1.75. The number of halogens is 1. The standard InChI is InChI=1S/C12H13ClN2O3/c13-9-2-1-3-10(5-9)15-12(17)18-7-8-4-11(16)14-6-8/h1-3,5,8H,4,6-7H2,(H,14,16)(H,15,17). The van der Waals surface area contributed by atoms with Crippen molar-refractivity contribution in [1.82, 2.24) is 5.32 Å². The fraction of sp³-hybridized carbons (Fsp3) is 0.333. The number of benzene rings is 1. The van der Waals surface area contributed by atoms with Crippen molar-refractivity contribution in [3.8, 4) is 0 Å². The largest absolute Gasteiger partial charge is 0.449 e. The molecule has 0 spiro atoms. The quantitative estimate of drug-likeness (QED) is 0.881. The first-order chi connectivity index (χ1) is 8.63. The molecule has 18 heavy (non-hydrogen) atoms. The van der Waals surface area contributed by atoms with Crippen molar-refractivity contribution < 1.29 is 14.3 Å². The first kappa shape index (κ1) is 12.7. The topological polar surface area (TPSA) is 67.4 Å². The van der Waals surface area contributed by atoms with Crippen LogP contribution in [0.15, 0.2) is 24.3 Å². The molecule has 1 aliphatic rings. The Labute approximate surface area is 109 Å². The van der Waals surface area contributed by atoms with Crippen molar-refractivity contribution in [2.45, 2.75) is 6.42 Å². The van der Waals surface area contributed by atoms with Crippen LogP contribution < -0.4 is 10.6 Å². The molecule has 2 amide bonds. The van der Waals surface area contributed by atoms with Gasteiger partial charge in [0.1, 0.15) is 0 Å². The van der Waals surface area contributed by atoms with E-state index in [1.165, 1.54) is 0 Å². The Balaban J connectivity index is 1.77. The Morgan fingerprint density at radius 2 is 2.39 bits per heavy atom. The van der Waals surface area contributed by atoms with Gasteiger partial charge in [-0.3, -0.25) is 10.1 Å². The molecular formula is C12H13ClN2O3. The van der Waals surface area contributed by atoms with Crippen LogP contribution in [-0.2, 0) is 9.53 Å². The Bertz CT molecular complexity index is 464. The van der Waals surface area contributed by atoms with Crippen LogP contribution in [0.25, 0.3) is 0 Å². The second-order valence-corrected chi connectivity index (χ2v) is 4.54. The Morgan fingerprint density at radius 1 is 1.56 bits per heavy atom. The lowest BCUT2D eigenvalue weighted by Gasteiger charge is -2.10. The molecule has 0 radical (unpaired) electrons. The highest BCUT2D eigenvalue weighted by Crippen LogP contribution is 2.15. The molecule has 0 bridgehead atoms. The minimum atomic E-state index is -0.545. The number of hydrogen-bond donors (Lipinski definition) is 2. The summed E-state index contributed by atoms with van der Waals surface area (Å²) in [6, 6.07) is 6.79. The summed E-state index contributed by atoms with van der Waals surface area (Å²) in [5.41, 5.74) is 0.577. The molecule has 1 unspecified atom stereocenters. The van der Waals surface area contributed by atoms with Crippen LogP contribution >= 0.6 is 11.6 Å². The van der Waals surface area contributed by atoms with Crippen LogP contribution in [0.4, 0.5) is 10.5 Å². The lowest BCUT2D eigenvalue weighted by Crippen LogP contribution is -2.20. The van der Waals surface area contributed by atoms with E-state index in [2.05, 4.69) is 10.6 Å². The fourth-order valence-electron chi connectivity index (χ4n) is 1.70. The molecule has 5 nitrogen and oxygen atoms in total. The van der Waals surface area contributed by atoms with Crippen molar-refractivity contribution in [3.63, 3.8) is 0 Å². The molecule has 1 aromatic rings. The van der Waals surface area contributed by atoms with Crippen LogP contribution in [0, 0.1) is 5.92 Å². The van der Waals surface area contributed by atoms with Crippen molar-refractivity contribution in [1.29, 1.82) is 0 Å². The predicted molar refractivity (Wildman–Crippen MR) is 67.5 cm³/mol. The van der Waals surface area contributed by atoms with Crippen LogP contribution in [0.5, 0.6) is 0 Å². The zero-order chi connectivity index (χ0) is 13.0. The van der Waals surface area contributed by atoms with Gasteiger partial charge in [-0.25, -0.2) is 4.79 Å². The molecule has 2 rings (SSSR count). The maximum atomic E-state index is 11.5. The van der Waals surface area contributed by atoms with Crippen LogP contribution in [-0.4, -0.2) is 25.2 Å². The van der Waals surface area contributed by atoms with E-state index in [9.17, 15) is 9.59 Å². The van der Waals surface area contributed by atoms with Gasteiger partial charge in [-0.1, -0.05) is 17.7 Å². The van der Waals surface area contributed by atoms with E-state index in [1.54, 1.807) is 24.3 Å². The van der Waals surface area contributed by atoms with Crippen LogP contribution in [0.3, 0.4) is 0 Å². The first-order valence-corrected chi connectivity index (χ1v) is 5.97. The van der Waals surface area contributed by atoms with E-state index >= 15 is 0 Å². The number of anilines is 1. The average Bonchev–Trinajstić information content (AvgIpc) is 2.73. The lowest BCUT2D eigenvalue weighted by atomic mass is 10.1. The molecule has 2 N–H and O–H groups in total. The monoisotopic (exact) mass is 268 g/mol. The highest BCUT2D eigenvalue weighted by Gasteiger charge is 2.22. The maximum absolute atomic E-state index is 11.5. The van der Waals surface area contributed by atoms with Gasteiger partial charge in [0.25, 0.3) is 0 Å². The minimum Gasteiger partial charge on any atom is -0.449 e. The number of ether oxygens (including phenoxy) is 1. The van der Waals surface area contributed by atoms with Crippen molar-refractivity contribution in [3.05, 3.63) is 29.3 Å². The van der Waals surface area contributed by atoms with Gasteiger partial charge in [0, 0.05) is 29.6 Å². The Morgan fingerprint density at radius 3 is 3.06 bits per heavy atom. The molecule has 1 fully saturated rings. The van der Waals surface area contributed by atoms with Gasteiger partial charge >= 0.3 is 6.09 Å². The summed E-state index contributed by atoms with van der Waals surface area (Å²) in [5, 5.41) is 5.79. The summed E-state index contributed by atoms with van der Waals surface area (Å²) in [5.74, 6) is 0.0569. The van der Waals surface area contributed by atoms with Gasteiger partial charge in [0.2, 0.25) is 5.91 Å². The van der Waals surface area contributed by atoms with Gasteiger partial charge in [-0.15, -0.1) is 0 Å². The third-order valence-electron chi connectivity index (χ3n) is 2.58. The average molecular weight is 269 g/mol. The van der Waals surface area contributed by atoms with Crippen LogP contribution in [0.2, 0.25) is 5.02 Å². The third-order valence-corrected chi connectivity index (χ3v) is 2.82. The van der Waals surface area contributed by atoms with Gasteiger partial charge in [-0.2, -0.15) is 0 Å². The molecule has 1 saturated heterocycles. The minimum absolute atomic E-state index is 0.00107. The first-order valence-electron chi connectivity index (χ1n) is 5.59. The lowest BCUT2D eigenvalue weighted by molar-refractivity contribution is -0.119. The van der Waals surface area contributed by atoms with E-state index < -0.39 is 6.09 Å². The van der Waals surface area contributed by atoms with Gasteiger partial charge < -0.3 is 10.1 Å². The molecular weight excluding hydrogens is 256 g/mol. The van der Waals surface area contributed by atoms with Crippen molar-refractivity contribution in [2.75, 3.05) is 18.5 Å². The second-order valence-electron chi connectivity index (χ2n) is 4.11. The summed E-state index contributed by atoms with van der Waals surface area (Å²) < 4.78 is 5.03. The van der Waals surface area contributed by atoms with Gasteiger partial charge in [-0.05, 0) is 18.2 Å². The maximum Gasteiger partial charge on any atom is 0.411 e. The van der Waals surface area contributed by atoms with E-state index in [0.717, 1.165) is 0 Å². The molecule has 1 aliphatic heterocycles. The molecule has 1 atom stereocenters. The zero-order valence-electron chi connectivity index (χ0n) is 9.61. The molecule has 0 saturated carbocycles. The van der Waals surface area contributed by atoms with E-state index in [-0.39, 0.29) is 18.4 Å². The highest BCUT2D eigenvalue weighted by molar-refractivity contribution is 6.30. The zero-order valence-corrected chi connectivity index (χ0v) is 10.4. The number of rotatable bonds is 3. The molecule has 1 heterocycles. The molecule has 0 aromatic heterocycles. The van der Waals surface area contributed by atoms with Gasteiger partial charge in [0.05, 0.1) is 6.61 Å². The Kier molecular flexibility index (Phi) is 4.04. The summed E-state index contributed by atoms with van der Waals surface area (Å²) in [6.07, 6.45) is -0.138. The summed E-state index contributed by atoms with van der Waals surface area (Å²) in [7, 11) is 0. The number of carbonyl (C=O) groups excluding carboxylic acids is 2. The summed E-state index contributed by atoms with van der Waals surface area (Å²) in [4.78, 5) is 22.4. The second kappa shape index (κ2) is 5.73. The smallest absolute Gasteiger partial charge is 0.411 e. The van der Waals surface area contributed by atoms with E-state index in [0.29, 0.717) is 23.7 Å². The SMILES string of the molecule is O=C1CC(COC(=O)Nc2cccc(Cl)c2)CN1. The highest BCUT2D eigenvalue weighted by atomic mass is 35.5. The normalized spacial score (nSPS) is 18.3. The summed E-state index contributed by atoms with van der Waals surface area (Å²) in [6.45, 7) is 0.786. The predicted octanol–water partition coefficient (Wildman–Crippen LogP) is 2.02. The molecule has 0 aliphatic carbocycles. The van der Waals surface area contributed by atoms with Crippen molar-refractivity contribution >= 4 is 29.3 Å². The number of nitrogens with one attached hydrogen (secondary N) is 2. The number of carbonyl (C=O) groups is 2. The van der Waals surface area contributed by atoms with E-state index in [1.807, 2.05) is 0 Å². The van der Waals surface area contributed by atoms with Crippen molar-refractivity contribution in [2.24, 2.45) is 5.92 Å². The molecule has 6 heteroatoms.